The number of rotatable bonds is 10. The van der Waals surface area contributed by atoms with Crippen molar-refractivity contribution in [3.05, 3.63) is 117 Å². The van der Waals surface area contributed by atoms with Crippen LogP contribution in [0.1, 0.15) is 26.4 Å². The van der Waals surface area contributed by atoms with Crippen molar-refractivity contribution in [1.29, 1.82) is 0 Å². The Morgan fingerprint density at radius 3 is 1.62 bits per heavy atom. The van der Waals surface area contributed by atoms with Crippen molar-refractivity contribution >= 4 is 74.6 Å². The Bertz CT molecular complexity index is 2790. The number of ether oxygens (including phenoxy) is 8. The van der Waals surface area contributed by atoms with Gasteiger partial charge in [-0.1, -0.05) is 36.4 Å². The van der Waals surface area contributed by atoms with Crippen LogP contribution >= 0.6 is 34.4 Å². The van der Waals surface area contributed by atoms with E-state index in [9.17, 15) is 5.11 Å². The predicted octanol–water partition coefficient (Wildman–Crippen LogP) is 10.1. The number of aliphatic hydroxyl groups is 1. The van der Waals surface area contributed by atoms with Gasteiger partial charge in [-0.15, -0.1) is 22.7 Å². The zero-order valence-electron chi connectivity index (χ0n) is 41.9. The fourth-order valence-corrected chi connectivity index (χ4v) is 11.2. The van der Waals surface area contributed by atoms with Crippen LogP contribution in [0.25, 0.3) is 44.1 Å². The maximum absolute atomic E-state index is 9.67. The van der Waals surface area contributed by atoms with E-state index in [1.54, 1.807) is 29.8 Å². The molecule has 73 heavy (non-hydrogen) atoms. The third kappa shape index (κ3) is 14.0. The molecule has 0 radical (unpaired) electrons. The highest BCUT2D eigenvalue weighted by atomic mass is 32.1. The number of aliphatic hydroxyl groups excluding tert-OH is 1. The number of anilines is 3. The van der Waals surface area contributed by atoms with E-state index >= 15 is 0 Å². The topological polar surface area (TPSA) is 130 Å². The van der Waals surface area contributed by atoms with E-state index in [2.05, 4.69) is 124 Å². The number of benzene rings is 4. The van der Waals surface area contributed by atoms with Crippen LogP contribution < -0.4 is 28.9 Å². The van der Waals surface area contributed by atoms with Crippen LogP contribution in [0.15, 0.2) is 91.0 Å². The van der Waals surface area contributed by atoms with Crippen molar-refractivity contribution in [3.63, 3.8) is 0 Å². The molecule has 0 spiro atoms. The molecule has 1 saturated heterocycles. The van der Waals surface area contributed by atoms with Crippen LogP contribution in [0, 0.1) is 13.8 Å². The number of hydrogen-bond donors (Lipinski definition) is 1. The molecular weight excluding hydrogens is 983 g/mol. The quantitative estimate of drug-likeness (QED) is 0.103. The molecule has 10 rings (SSSR count). The summed E-state index contributed by atoms with van der Waals surface area (Å²) in [6, 6.07) is 31.6. The first-order valence-electron chi connectivity index (χ1n) is 25.0. The minimum absolute atomic E-state index is 0.0225. The molecule has 0 unspecified atom stereocenters. The summed E-state index contributed by atoms with van der Waals surface area (Å²) < 4.78 is 59.5. The number of hydrogen-bond acceptors (Lipinski definition) is 17. The summed E-state index contributed by atoms with van der Waals surface area (Å²) in [5.41, 5.74) is 9.96. The monoisotopic (exact) mass is 1050 g/mol. The van der Waals surface area contributed by atoms with Gasteiger partial charge in [-0.2, -0.15) is 8.75 Å². The van der Waals surface area contributed by atoms with E-state index in [1.165, 1.54) is 11.7 Å². The Hall–Kier alpha value is -5.60. The fraction of sp³-hybridized carbons (Fsp3) is 0.393. The van der Waals surface area contributed by atoms with Crippen LogP contribution in [0.2, 0.25) is 0 Å². The fourth-order valence-electron chi connectivity index (χ4n) is 8.81. The molecule has 3 aliphatic heterocycles. The van der Waals surface area contributed by atoms with Crippen molar-refractivity contribution in [2.75, 3.05) is 140 Å². The largest absolute Gasteiger partial charge is 0.490 e. The third-order valence-corrected chi connectivity index (χ3v) is 15.3. The summed E-state index contributed by atoms with van der Waals surface area (Å²) in [7, 11) is 1.68. The summed E-state index contributed by atoms with van der Waals surface area (Å²) in [4.78, 5) is 11.1. The van der Waals surface area contributed by atoms with Gasteiger partial charge >= 0.3 is 0 Å². The molecule has 3 aromatic heterocycles. The highest BCUT2D eigenvalue weighted by Crippen LogP contribution is 2.40. The third-order valence-electron chi connectivity index (χ3n) is 12.6. The second kappa shape index (κ2) is 26.6. The van der Waals surface area contributed by atoms with Crippen LogP contribution in [0.3, 0.4) is 0 Å². The Kier molecular flexibility index (Phi) is 19.0. The molecular formula is C56H65N5O9S3. The maximum atomic E-state index is 9.67. The van der Waals surface area contributed by atoms with Crippen LogP contribution in [0.4, 0.5) is 17.1 Å². The normalized spacial score (nSPS) is 16.2. The maximum Gasteiger partial charge on any atom is 0.143 e. The molecule has 0 atom stereocenters. The Balaban J connectivity index is 1.01. The molecule has 6 heterocycles. The van der Waals surface area contributed by atoms with E-state index in [4.69, 9.17) is 42.3 Å². The van der Waals surface area contributed by atoms with Gasteiger partial charge in [-0.3, -0.25) is 0 Å². The Morgan fingerprint density at radius 2 is 1.07 bits per heavy atom. The number of aromatic nitrogens is 2. The van der Waals surface area contributed by atoms with E-state index in [-0.39, 0.29) is 6.61 Å². The number of thiophene rings is 2. The first-order chi connectivity index (χ1) is 35.9. The zero-order chi connectivity index (χ0) is 50.2. The number of fused-ring (bicyclic) bond motifs is 21. The van der Waals surface area contributed by atoms with Gasteiger partial charge in [-0.25, -0.2) is 0 Å². The van der Waals surface area contributed by atoms with E-state index in [0.717, 1.165) is 92.7 Å². The molecule has 0 aliphatic carbocycles. The summed E-state index contributed by atoms with van der Waals surface area (Å²) in [6.45, 7) is 13.7. The summed E-state index contributed by atoms with van der Waals surface area (Å²) in [5, 5.41) is 9.67. The van der Waals surface area contributed by atoms with Gasteiger partial charge in [0, 0.05) is 63.9 Å². The summed E-state index contributed by atoms with van der Waals surface area (Å²) >= 11 is 4.51. The van der Waals surface area contributed by atoms with Crippen molar-refractivity contribution in [1.82, 2.24) is 8.75 Å². The first-order valence-corrected chi connectivity index (χ1v) is 27.3. The lowest BCUT2D eigenvalue weighted by atomic mass is 10.1. The van der Waals surface area contributed by atoms with Gasteiger partial charge < -0.3 is 57.7 Å². The van der Waals surface area contributed by atoms with Crippen molar-refractivity contribution in [2.45, 2.75) is 20.5 Å². The molecule has 1 fully saturated rings. The smallest absolute Gasteiger partial charge is 0.143 e. The lowest BCUT2D eigenvalue weighted by Gasteiger charge is -2.30. The SMILES string of the molecule is COCCOc1cc(/C=C/c2ccc(-c3ccc(-c4ccc(CO)s4)c4nsnc34)s2)ccc1N1CCOc2cc(C)ccc2N2CCOCCOCCN(CCOCCOCC2)c2ccc(C)cc2OCC1. The summed E-state index contributed by atoms with van der Waals surface area (Å²) in [5.74, 6) is 2.35. The van der Waals surface area contributed by atoms with Crippen molar-refractivity contribution < 1.29 is 43.0 Å². The van der Waals surface area contributed by atoms with Crippen LogP contribution in [-0.4, -0.2) is 140 Å². The molecule has 0 saturated carbocycles. The minimum atomic E-state index is 0.0225. The van der Waals surface area contributed by atoms with Crippen LogP contribution in [-0.2, 0) is 30.3 Å². The lowest BCUT2D eigenvalue weighted by molar-refractivity contribution is 0.0435. The van der Waals surface area contributed by atoms with Crippen molar-refractivity contribution in [2.24, 2.45) is 0 Å². The van der Waals surface area contributed by atoms with Gasteiger partial charge in [0.1, 0.15) is 48.1 Å². The van der Waals surface area contributed by atoms with Gasteiger partial charge in [0.05, 0.1) is 108 Å². The number of methoxy groups -OCH3 is 1. The molecule has 1 N–H and O–H groups in total. The van der Waals surface area contributed by atoms with E-state index in [1.807, 2.05) is 12.1 Å². The molecule has 4 aromatic carbocycles. The average Bonchev–Trinajstić information content (AvgIpc) is 4.21. The molecule has 17 heteroatoms. The van der Waals surface area contributed by atoms with Crippen LogP contribution in [0.5, 0.6) is 17.2 Å². The predicted molar refractivity (Wildman–Crippen MR) is 296 cm³/mol. The van der Waals surface area contributed by atoms with E-state index in [0.29, 0.717) is 119 Å². The molecule has 386 valence electrons. The van der Waals surface area contributed by atoms with Crippen molar-refractivity contribution in [3.8, 4) is 38.1 Å². The molecule has 3 aliphatic rings. The van der Waals surface area contributed by atoms with Gasteiger partial charge in [0.2, 0.25) is 0 Å². The second-order valence-corrected chi connectivity index (χ2v) is 20.5. The highest BCUT2D eigenvalue weighted by molar-refractivity contribution is 7.16. The first kappa shape index (κ1) is 52.3. The molecule has 2 bridgehead atoms. The lowest BCUT2D eigenvalue weighted by Crippen LogP contribution is -2.34. The number of nitrogens with zero attached hydrogens (tertiary/aromatic N) is 5. The van der Waals surface area contributed by atoms with Gasteiger partial charge in [-0.05, 0) is 97.3 Å². The zero-order valence-corrected chi connectivity index (χ0v) is 44.4. The Labute approximate surface area is 440 Å². The Morgan fingerprint density at radius 1 is 0.548 bits per heavy atom. The standard InChI is InChI=1S/C56H65N5O9S3/c1-40-4-13-47-50(36-40)68-28-22-61(23-29-69-51-37-41(2)5-14-48(51)60-20-26-66-33-31-64-24-18-59(47)19-25-65-32-34-67-27-21-60)49-15-7-42(38-52(49)70-35-30-63-3)6-8-43-9-16-53(71-43)45-11-12-46(56-55(45)57-73-58-56)54-17-10-44(39-62)72-54/h4-17,36-38,62H,18-35,39H2,1-3H3/b8-6+. The molecule has 14 nitrogen and oxygen atoms in total. The van der Waals surface area contributed by atoms with Gasteiger partial charge in [0.25, 0.3) is 0 Å². The second-order valence-electron chi connectivity index (χ2n) is 17.7. The average molecular weight is 1050 g/mol. The molecule has 0 amide bonds. The highest BCUT2D eigenvalue weighted by Gasteiger charge is 2.21. The molecule has 7 aromatic rings. The summed E-state index contributed by atoms with van der Waals surface area (Å²) in [6.07, 6.45) is 4.27. The van der Waals surface area contributed by atoms with E-state index < -0.39 is 0 Å². The number of aryl methyl sites for hydroxylation is 2. The minimum Gasteiger partial charge on any atom is -0.490 e. The van der Waals surface area contributed by atoms with Gasteiger partial charge in [0.15, 0.2) is 0 Å².